The quantitative estimate of drug-likeness (QED) is 0.504. The molecular formula is C11H10BNO4. The zero-order valence-corrected chi connectivity index (χ0v) is 9.30. The average Bonchev–Trinajstić information content (AvgIpc) is 2.70. The predicted molar refractivity (Wildman–Crippen MR) is 59.0 cm³/mol. The number of rotatable bonds is 1. The first-order valence-electron chi connectivity index (χ1n) is 5.47. The van der Waals surface area contributed by atoms with Crippen LogP contribution in [0.1, 0.15) is 18.5 Å². The first kappa shape index (κ1) is 10.2. The first-order chi connectivity index (χ1) is 8.10. The van der Waals surface area contributed by atoms with Crippen molar-refractivity contribution in [1.82, 2.24) is 4.98 Å². The van der Waals surface area contributed by atoms with E-state index in [4.69, 9.17) is 9.31 Å². The van der Waals surface area contributed by atoms with Gasteiger partial charge in [-0.2, -0.15) is 0 Å². The van der Waals surface area contributed by atoms with Gasteiger partial charge in [-0.3, -0.25) is 14.6 Å². The monoisotopic (exact) mass is 231 g/mol. The van der Waals surface area contributed by atoms with Crippen molar-refractivity contribution in [3.05, 3.63) is 29.7 Å². The molecule has 0 aromatic carbocycles. The van der Waals surface area contributed by atoms with Gasteiger partial charge in [-0.05, 0) is 13.0 Å². The molecule has 0 unspecified atom stereocenters. The molecule has 0 amide bonds. The smallest absolute Gasteiger partial charge is 0.606 e. The molecule has 17 heavy (non-hydrogen) atoms. The van der Waals surface area contributed by atoms with Gasteiger partial charge in [0, 0.05) is 17.1 Å². The third-order valence-electron chi connectivity index (χ3n) is 3.17. The lowest BCUT2D eigenvalue weighted by Gasteiger charge is -2.24. The Kier molecular flexibility index (Phi) is 1.95. The highest BCUT2D eigenvalue weighted by Crippen LogP contribution is 2.39. The summed E-state index contributed by atoms with van der Waals surface area (Å²) in [7, 11) is 0. The lowest BCUT2D eigenvalue weighted by molar-refractivity contribution is -0.138. The summed E-state index contributed by atoms with van der Waals surface area (Å²) in [5.74, 6) is 0.00436. The number of aromatic nitrogens is 1. The van der Waals surface area contributed by atoms with E-state index in [-0.39, 0.29) is 24.8 Å². The maximum atomic E-state index is 11.4. The highest BCUT2D eigenvalue weighted by Gasteiger charge is 2.66. The van der Waals surface area contributed by atoms with Crippen LogP contribution in [-0.2, 0) is 18.9 Å². The molecular weight excluding hydrogens is 221 g/mol. The van der Waals surface area contributed by atoms with Crippen LogP contribution in [0.2, 0.25) is 0 Å². The molecule has 2 aliphatic heterocycles. The van der Waals surface area contributed by atoms with Gasteiger partial charge in [0.2, 0.25) is 0 Å². The Morgan fingerprint density at radius 2 is 1.88 bits per heavy atom. The molecule has 0 spiro atoms. The molecule has 0 radical (unpaired) electrons. The van der Waals surface area contributed by atoms with Gasteiger partial charge in [0.1, 0.15) is 12.8 Å². The van der Waals surface area contributed by atoms with Crippen LogP contribution in [-0.4, -0.2) is 23.5 Å². The minimum atomic E-state index is -2.11. The van der Waals surface area contributed by atoms with E-state index in [0.29, 0.717) is 11.4 Å². The molecule has 5 nitrogen and oxygen atoms in total. The molecule has 1 aromatic rings. The molecule has 2 fully saturated rings. The van der Waals surface area contributed by atoms with Crippen molar-refractivity contribution in [3.8, 4) is 0 Å². The van der Waals surface area contributed by atoms with Crippen molar-refractivity contribution >= 4 is 24.1 Å². The maximum absolute atomic E-state index is 11.4. The molecule has 0 saturated carbocycles. The van der Waals surface area contributed by atoms with Crippen LogP contribution in [0.25, 0.3) is 0 Å². The van der Waals surface area contributed by atoms with E-state index in [9.17, 15) is 9.59 Å². The summed E-state index contributed by atoms with van der Waals surface area (Å²) in [6.07, 6.45) is 0.308. The second-order valence-electron chi connectivity index (χ2n) is 4.41. The standard InChI is InChI=1S/C11H10BNO4/c1-7-3-2-4-9(13-7)12-8(5-10(14)16-12)6-11(15)17-12/h2-4H,5-6H2,1H3. The van der Waals surface area contributed by atoms with Crippen molar-refractivity contribution < 1.29 is 18.9 Å². The zero-order chi connectivity index (χ0) is 12.0. The summed E-state index contributed by atoms with van der Waals surface area (Å²) in [6.45, 7) is -0.273. The van der Waals surface area contributed by atoms with E-state index in [1.807, 2.05) is 19.1 Å². The third kappa shape index (κ3) is 1.40. The van der Waals surface area contributed by atoms with E-state index in [0.717, 1.165) is 5.69 Å². The number of pyridine rings is 1. The predicted octanol–water partition coefficient (Wildman–Crippen LogP) is 0.0467. The van der Waals surface area contributed by atoms with Crippen molar-refractivity contribution in [3.63, 3.8) is 0 Å². The average molecular weight is 231 g/mol. The van der Waals surface area contributed by atoms with Crippen LogP contribution in [0.3, 0.4) is 0 Å². The van der Waals surface area contributed by atoms with Gasteiger partial charge in [0.15, 0.2) is 0 Å². The maximum Gasteiger partial charge on any atom is 0.606 e. The fourth-order valence-electron chi connectivity index (χ4n) is 2.45. The number of carbonyl (C=O) groups is 2. The lowest BCUT2D eigenvalue weighted by Crippen LogP contribution is -2.54. The molecule has 6 heteroatoms. The van der Waals surface area contributed by atoms with E-state index in [2.05, 4.69) is 4.98 Å². The molecule has 3 heterocycles. The van der Waals surface area contributed by atoms with Gasteiger partial charge in [0.05, 0.1) is 0 Å². The molecule has 2 aliphatic rings. The molecule has 0 aliphatic carbocycles. The van der Waals surface area contributed by atoms with Gasteiger partial charge in [-0.1, -0.05) is 12.1 Å². The second kappa shape index (κ2) is 3.26. The molecule has 2 saturated heterocycles. The topological polar surface area (TPSA) is 65.5 Å². The van der Waals surface area contributed by atoms with Crippen LogP contribution in [0.4, 0.5) is 0 Å². The summed E-state index contributed by atoms with van der Waals surface area (Å²) < 4.78 is 10.5. The van der Waals surface area contributed by atoms with Gasteiger partial charge < -0.3 is 9.31 Å². The Morgan fingerprint density at radius 3 is 2.47 bits per heavy atom. The van der Waals surface area contributed by atoms with E-state index >= 15 is 0 Å². The van der Waals surface area contributed by atoms with E-state index < -0.39 is 6.55 Å². The molecule has 0 bridgehead atoms. The highest BCUT2D eigenvalue weighted by atomic mass is 16.7. The normalized spacial score (nSPS) is 21.1. The SMILES string of the molecule is Cc1cccc([B-]23OC(=O)C[C+]2CC(=O)O3)n1. The summed E-state index contributed by atoms with van der Waals surface area (Å²) >= 11 is 0. The fourth-order valence-corrected chi connectivity index (χ4v) is 2.45. The Hall–Kier alpha value is -1.98. The minimum Gasteiger partial charge on any atom is -0.609 e. The van der Waals surface area contributed by atoms with Crippen LogP contribution in [0.5, 0.6) is 0 Å². The van der Waals surface area contributed by atoms with E-state index in [1.165, 1.54) is 0 Å². The van der Waals surface area contributed by atoms with Crippen LogP contribution >= 0.6 is 0 Å². The number of carbonyl (C=O) groups excluding carboxylic acids is 2. The van der Waals surface area contributed by atoms with Gasteiger partial charge in [-0.15, -0.1) is 0 Å². The fraction of sp³-hybridized carbons (Fsp3) is 0.273. The number of hydrogen-bond donors (Lipinski definition) is 0. The van der Waals surface area contributed by atoms with Crippen molar-refractivity contribution in [2.45, 2.75) is 19.8 Å². The number of aryl methyl sites for hydroxylation is 1. The second-order valence-corrected chi connectivity index (χ2v) is 4.41. The summed E-state index contributed by atoms with van der Waals surface area (Å²) in [4.78, 5) is 27.1. The lowest BCUT2D eigenvalue weighted by atomic mass is 9.46. The highest BCUT2D eigenvalue weighted by molar-refractivity contribution is 6.90. The van der Waals surface area contributed by atoms with Gasteiger partial charge in [-0.25, -0.2) is 0 Å². The zero-order valence-electron chi connectivity index (χ0n) is 9.30. The van der Waals surface area contributed by atoms with Crippen molar-refractivity contribution in [1.29, 1.82) is 0 Å². The number of nitrogens with zero attached hydrogens (tertiary/aromatic N) is 1. The van der Waals surface area contributed by atoms with E-state index in [1.54, 1.807) is 6.07 Å². The molecule has 0 atom stereocenters. The van der Waals surface area contributed by atoms with Gasteiger partial charge >= 0.3 is 18.5 Å². The third-order valence-corrected chi connectivity index (χ3v) is 3.17. The Bertz CT molecular complexity index is 496. The van der Waals surface area contributed by atoms with Crippen LogP contribution in [0, 0.1) is 12.7 Å². The molecule has 1 aromatic heterocycles. The minimum absolute atomic E-state index is 0.154. The summed E-state index contributed by atoms with van der Waals surface area (Å²) in [5.41, 5.74) is 1.32. The van der Waals surface area contributed by atoms with Crippen LogP contribution < -0.4 is 5.59 Å². The summed E-state index contributed by atoms with van der Waals surface area (Å²) in [6, 6.07) is 5.37. The number of fused-ring (bicyclic) bond motifs is 1. The molecule has 3 rings (SSSR count). The van der Waals surface area contributed by atoms with Crippen molar-refractivity contribution in [2.75, 3.05) is 0 Å². The molecule has 86 valence electrons. The Labute approximate surface area is 98.1 Å². The Balaban J connectivity index is 2.09. The summed E-state index contributed by atoms with van der Waals surface area (Å²) in [5, 5.41) is 0. The largest absolute Gasteiger partial charge is 0.609 e. The molecule has 0 N–H and O–H groups in total. The van der Waals surface area contributed by atoms with Gasteiger partial charge in [0.25, 0.3) is 0 Å². The van der Waals surface area contributed by atoms with Crippen molar-refractivity contribution in [2.24, 2.45) is 0 Å². The Morgan fingerprint density at radius 1 is 1.24 bits per heavy atom. The number of hydrogen-bond acceptors (Lipinski definition) is 5. The van der Waals surface area contributed by atoms with Crippen LogP contribution in [0.15, 0.2) is 18.2 Å². The first-order valence-corrected chi connectivity index (χ1v) is 5.47.